The number of aryl methyl sites for hydroxylation is 3. The minimum absolute atomic E-state index is 0.113. The Morgan fingerprint density at radius 2 is 2.12 bits per heavy atom. The Kier molecular flexibility index (Phi) is 6.96. The Balaban J connectivity index is 1.46. The molecule has 3 aromatic rings. The monoisotopic (exact) mass is 488 g/mol. The molecule has 1 N–H and O–H groups in total. The lowest BCUT2D eigenvalue weighted by Crippen LogP contribution is -2.45. The Labute approximate surface area is 198 Å². The molecular weight excluding hydrogens is 460 g/mol. The van der Waals surface area contributed by atoms with E-state index in [0.717, 1.165) is 11.1 Å². The van der Waals surface area contributed by atoms with E-state index in [9.17, 15) is 13.2 Å². The molecule has 0 bridgehead atoms. The maximum absolute atomic E-state index is 13.4. The molecule has 0 saturated carbocycles. The number of piperidine rings is 1. The number of thiophene rings is 1. The van der Waals surface area contributed by atoms with Crippen LogP contribution in [0, 0.1) is 19.8 Å². The molecule has 33 heavy (non-hydrogen) atoms. The van der Waals surface area contributed by atoms with E-state index in [2.05, 4.69) is 15.5 Å². The van der Waals surface area contributed by atoms with Gasteiger partial charge in [0.25, 0.3) is 0 Å². The first-order valence-electron chi connectivity index (χ1n) is 11.0. The molecule has 8 nitrogen and oxygen atoms in total. The summed E-state index contributed by atoms with van der Waals surface area (Å²) in [6, 6.07) is 9.58. The molecule has 0 aliphatic carbocycles. The van der Waals surface area contributed by atoms with Gasteiger partial charge in [-0.1, -0.05) is 41.9 Å². The average Bonchev–Trinajstić information content (AvgIpc) is 3.44. The summed E-state index contributed by atoms with van der Waals surface area (Å²) in [5.74, 6) is 0.420. The first-order chi connectivity index (χ1) is 15.8. The molecule has 1 saturated heterocycles. The van der Waals surface area contributed by atoms with Crippen molar-refractivity contribution < 1.29 is 17.7 Å². The molecule has 0 unspecified atom stereocenters. The van der Waals surface area contributed by atoms with Crippen LogP contribution < -0.4 is 5.32 Å². The molecule has 1 aliphatic rings. The second-order valence-corrected chi connectivity index (χ2v) is 11.5. The summed E-state index contributed by atoms with van der Waals surface area (Å²) in [5.41, 5.74) is 2.16. The van der Waals surface area contributed by atoms with Gasteiger partial charge in [-0.2, -0.15) is 9.29 Å². The van der Waals surface area contributed by atoms with E-state index >= 15 is 0 Å². The number of sulfonamides is 1. The smallest absolute Gasteiger partial charge is 0.244 e. The van der Waals surface area contributed by atoms with Crippen molar-refractivity contribution >= 4 is 27.3 Å². The molecule has 10 heteroatoms. The second-order valence-electron chi connectivity index (χ2n) is 8.31. The van der Waals surface area contributed by atoms with Gasteiger partial charge >= 0.3 is 0 Å². The number of aromatic nitrogens is 2. The summed E-state index contributed by atoms with van der Waals surface area (Å²) >= 11 is 1.33. The van der Waals surface area contributed by atoms with Crippen LogP contribution in [0.25, 0.3) is 10.7 Å². The third-order valence-electron chi connectivity index (χ3n) is 5.79. The van der Waals surface area contributed by atoms with Crippen molar-refractivity contribution in [3.05, 3.63) is 52.2 Å². The average molecular weight is 489 g/mol. The molecular formula is C23H28N4O4S2. The minimum Gasteiger partial charge on any atom is -0.352 e. The van der Waals surface area contributed by atoms with Crippen LogP contribution in [0.2, 0.25) is 0 Å². The lowest BCUT2D eigenvalue weighted by Gasteiger charge is -2.31. The zero-order valence-corrected chi connectivity index (χ0v) is 20.6. The Morgan fingerprint density at radius 3 is 2.85 bits per heavy atom. The highest BCUT2D eigenvalue weighted by atomic mass is 32.2. The minimum atomic E-state index is -3.74. The van der Waals surface area contributed by atoms with Crippen LogP contribution in [0.5, 0.6) is 0 Å². The van der Waals surface area contributed by atoms with Gasteiger partial charge < -0.3 is 9.84 Å². The number of amides is 1. The van der Waals surface area contributed by atoms with E-state index in [1.807, 2.05) is 38.1 Å². The molecule has 2 aromatic heterocycles. The fourth-order valence-electron chi connectivity index (χ4n) is 4.00. The van der Waals surface area contributed by atoms with Gasteiger partial charge in [0.1, 0.15) is 0 Å². The summed E-state index contributed by atoms with van der Waals surface area (Å²) in [7, 11) is -3.74. The van der Waals surface area contributed by atoms with E-state index < -0.39 is 10.0 Å². The highest BCUT2D eigenvalue weighted by Gasteiger charge is 2.35. The van der Waals surface area contributed by atoms with E-state index in [1.165, 1.54) is 15.6 Å². The maximum Gasteiger partial charge on any atom is 0.244 e. The summed E-state index contributed by atoms with van der Waals surface area (Å²) in [6.45, 7) is 6.70. The number of hydrogen-bond acceptors (Lipinski definition) is 7. The molecule has 1 fully saturated rings. The zero-order chi connectivity index (χ0) is 23.6. The quantitative estimate of drug-likeness (QED) is 0.544. The SMILES string of the molecule is CCc1nc(-c2cc(S(=O)(=O)N3CCC[C@@H](C(=O)NCc4cccc(C)c4)C3)c(C)s2)no1. The number of nitrogens with one attached hydrogen (secondary N) is 1. The van der Waals surface area contributed by atoms with Crippen LogP contribution >= 0.6 is 11.3 Å². The second kappa shape index (κ2) is 9.74. The summed E-state index contributed by atoms with van der Waals surface area (Å²) in [6.07, 6.45) is 1.92. The normalized spacial score (nSPS) is 17.2. The Hall–Kier alpha value is -2.56. The van der Waals surface area contributed by atoms with Crippen molar-refractivity contribution in [3.8, 4) is 10.7 Å². The van der Waals surface area contributed by atoms with Crippen LogP contribution in [0.4, 0.5) is 0 Å². The fourth-order valence-corrected chi connectivity index (χ4v) is 7.01. The van der Waals surface area contributed by atoms with Crippen molar-refractivity contribution in [1.82, 2.24) is 19.8 Å². The first kappa shape index (κ1) is 23.6. The van der Waals surface area contributed by atoms with E-state index in [4.69, 9.17) is 4.52 Å². The first-order valence-corrected chi connectivity index (χ1v) is 13.3. The molecule has 1 aromatic carbocycles. The van der Waals surface area contributed by atoms with Crippen LogP contribution in [-0.4, -0.2) is 41.9 Å². The lowest BCUT2D eigenvalue weighted by molar-refractivity contribution is -0.126. The highest BCUT2D eigenvalue weighted by Crippen LogP contribution is 2.35. The predicted molar refractivity (Wildman–Crippen MR) is 126 cm³/mol. The van der Waals surface area contributed by atoms with Gasteiger partial charge in [0.15, 0.2) is 0 Å². The van der Waals surface area contributed by atoms with Crippen molar-refractivity contribution in [3.63, 3.8) is 0 Å². The van der Waals surface area contributed by atoms with E-state index in [-0.39, 0.29) is 23.3 Å². The number of carbonyl (C=O) groups excluding carboxylic acids is 1. The summed E-state index contributed by atoms with van der Waals surface area (Å²) < 4.78 is 33.5. The Bertz CT molecular complexity index is 1250. The standard InChI is InChI=1S/C23H28N4O4S2/c1-4-21-25-22(26-31-21)19-12-20(16(3)32-19)33(29,30)27-10-6-9-18(14-27)23(28)24-13-17-8-5-7-15(2)11-17/h5,7-8,11-12,18H,4,6,9-10,13-14H2,1-3H3,(H,24,28)/t18-/m1/s1. The maximum atomic E-state index is 13.4. The van der Waals surface area contributed by atoms with Gasteiger partial charge in [-0.3, -0.25) is 4.79 Å². The van der Waals surface area contributed by atoms with Crippen molar-refractivity contribution in [2.75, 3.05) is 13.1 Å². The topological polar surface area (TPSA) is 105 Å². The van der Waals surface area contributed by atoms with Crippen LogP contribution in [0.3, 0.4) is 0 Å². The number of rotatable bonds is 7. The summed E-state index contributed by atoms with van der Waals surface area (Å²) in [5, 5.41) is 6.92. The number of hydrogen-bond donors (Lipinski definition) is 1. The van der Waals surface area contributed by atoms with Gasteiger partial charge in [-0.05, 0) is 38.3 Å². The lowest BCUT2D eigenvalue weighted by atomic mass is 9.98. The van der Waals surface area contributed by atoms with Gasteiger partial charge in [-0.15, -0.1) is 11.3 Å². The number of carbonyl (C=O) groups is 1. The molecule has 3 heterocycles. The van der Waals surface area contributed by atoms with Crippen molar-refractivity contribution in [2.45, 2.75) is 51.5 Å². The van der Waals surface area contributed by atoms with E-state index in [1.54, 1.807) is 13.0 Å². The molecule has 176 valence electrons. The predicted octanol–water partition coefficient (Wildman–Crippen LogP) is 3.69. The third-order valence-corrected chi connectivity index (χ3v) is 8.95. The molecule has 1 amide bonds. The number of nitrogens with zero attached hydrogens (tertiary/aromatic N) is 3. The van der Waals surface area contributed by atoms with Gasteiger partial charge in [0.05, 0.1) is 15.7 Å². The van der Waals surface area contributed by atoms with Crippen LogP contribution in [0.15, 0.2) is 39.8 Å². The Morgan fingerprint density at radius 1 is 1.30 bits per heavy atom. The van der Waals surface area contributed by atoms with Gasteiger partial charge in [-0.25, -0.2) is 8.42 Å². The molecule has 0 radical (unpaired) electrons. The van der Waals surface area contributed by atoms with E-state index in [0.29, 0.717) is 53.8 Å². The van der Waals surface area contributed by atoms with Crippen molar-refractivity contribution in [2.24, 2.45) is 5.92 Å². The highest BCUT2D eigenvalue weighted by molar-refractivity contribution is 7.89. The van der Waals surface area contributed by atoms with Crippen molar-refractivity contribution in [1.29, 1.82) is 0 Å². The summed E-state index contributed by atoms with van der Waals surface area (Å²) in [4.78, 5) is 18.7. The molecule has 0 spiro atoms. The van der Waals surface area contributed by atoms with Gasteiger partial charge in [0.2, 0.25) is 27.6 Å². The fraction of sp³-hybridized carbons (Fsp3) is 0.435. The zero-order valence-electron chi connectivity index (χ0n) is 19.0. The number of benzene rings is 1. The third kappa shape index (κ3) is 5.18. The molecule has 1 aliphatic heterocycles. The van der Waals surface area contributed by atoms with Crippen LogP contribution in [-0.2, 0) is 27.8 Å². The van der Waals surface area contributed by atoms with Gasteiger partial charge in [0, 0.05) is 30.9 Å². The largest absolute Gasteiger partial charge is 0.352 e. The molecule has 1 atom stereocenters. The molecule has 4 rings (SSSR count). The van der Waals surface area contributed by atoms with Crippen LogP contribution in [0.1, 0.15) is 41.7 Å².